The molecular weight excluding hydrogens is 202 g/mol. The van der Waals surface area contributed by atoms with Gasteiger partial charge in [-0.1, -0.05) is 12.1 Å². The van der Waals surface area contributed by atoms with Crippen LogP contribution in [-0.2, 0) is 0 Å². The number of hydrogen-bond donors (Lipinski definition) is 2. The van der Waals surface area contributed by atoms with Crippen molar-refractivity contribution in [3.05, 3.63) is 29.8 Å². The van der Waals surface area contributed by atoms with Crippen molar-refractivity contribution >= 4 is 11.6 Å². The van der Waals surface area contributed by atoms with Gasteiger partial charge in [-0.25, -0.2) is 0 Å². The minimum Gasteiger partial charge on any atom is -0.369 e. The van der Waals surface area contributed by atoms with E-state index in [2.05, 4.69) is 4.90 Å². The van der Waals surface area contributed by atoms with Gasteiger partial charge in [0.15, 0.2) is 0 Å². The van der Waals surface area contributed by atoms with Crippen LogP contribution in [0.5, 0.6) is 0 Å². The number of piperidine rings is 1. The van der Waals surface area contributed by atoms with E-state index in [0.717, 1.165) is 31.6 Å². The number of rotatable bonds is 2. The summed E-state index contributed by atoms with van der Waals surface area (Å²) in [5, 5.41) is 0. The van der Waals surface area contributed by atoms with E-state index in [-0.39, 0.29) is 11.9 Å². The van der Waals surface area contributed by atoms with Crippen molar-refractivity contribution < 1.29 is 4.79 Å². The summed E-state index contributed by atoms with van der Waals surface area (Å²) in [6.07, 6.45) is 2.11. The summed E-state index contributed by atoms with van der Waals surface area (Å²) in [6, 6.07) is 7.63. The highest BCUT2D eigenvalue weighted by Crippen LogP contribution is 2.23. The summed E-state index contributed by atoms with van der Waals surface area (Å²) >= 11 is 0. The first-order valence-corrected chi connectivity index (χ1v) is 5.58. The first-order valence-electron chi connectivity index (χ1n) is 5.58. The Hall–Kier alpha value is -1.55. The van der Waals surface area contributed by atoms with Crippen LogP contribution in [0.25, 0.3) is 0 Å². The largest absolute Gasteiger partial charge is 0.369 e. The number of primary amides is 1. The Morgan fingerprint density at radius 1 is 1.38 bits per heavy atom. The maximum Gasteiger partial charge on any atom is 0.250 e. The van der Waals surface area contributed by atoms with Crippen molar-refractivity contribution in [3.8, 4) is 0 Å². The van der Waals surface area contributed by atoms with Gasteiger partial charge in [-0.2, -0.15) is 0 Å². The second-order valence-electron chi connectivity index (χ2n) is 4.23. The summed E-state index contributed by atoms with van der Waals surface area (Å²) in [4.78, 5) is 13.5. The topological polar surface area (TPSA) is 72.4 Å². The number of nitrogens with zero attached hydrogens (tertiary/aromatic N) is 1. The fourth-order valence-electron chi connectivity index (χ4n) is 2.19. The van der Waals surface area contributed by atoms with Gasteiger partial charge in [0.2, 0.25) is 0 Å². The summed E-state index contributed by atoms with van der Waals surface area (Å²) in [5.74, 6) is -0.380. The van der Waals surface area contributed by atoms with Crippen LogP contribution in [0.15, 0.2) is 24.3 Å². The third-order valence-corrected chi connectivity index (χ3v) is 2.97. The zero-order valence-corrected chi connectivity index (χ0v) is 9.23. The standard InChI is InChI=1S/C12H17N3O/c13-9-4-3-7-15(8-9)11-6-2-1-5-10(11)12(14)16/h1-2,5-6,9H,3-4,7-8,13H2,(H2,14,16)/t9-/m1/s1. The van der Waals surface area contributed by atoms with E-state index in [1.54, 1.807) is 6.07 Å². The summed E-state index contributed by atoms with van der Waals surface area (Å²) < 4.78 is 0. The van der Waals surface area contributed by atoms with Crippen LogP contribution in [0, 0.1) is 0 Å². The molecule has 1 heterocycles. The molecule has 1 fully saturated rings. The highest BCUT2D eigenvalue weighted by atomic mass is 16.1. The number of anilines is 1. The second kappa shape index (κ2) is 4.53. The predicted molar refractivity (Wildman–Crippen MR) is 64.4 cm³/mol. The highest BCUT2D eigenvalue weighted by Gasteiger charge is 2.20. The Labute approximate surface area is 95.2 Å². The molecule has 0 radical (unpaired) electrons. The van der Waals surface area contributed by atoms with Gasteiger partial charge in [-0.3, -0.25) is 4.79 Å². The Morgan fingerprint density at radius 3 is 2.81 bits per heavy atom. The maximum atomic E-state index is 11.3. The van der Waals surface area contributed by atoms with Crippen molar-refractivity contribution in [2.45, 2.75) is 18.9 Å². The normalized spacial score (nSPS) is 20.8. The third kappa shape index (κ3) is 2.17. The number of nitrogens with two attached hydrogens (primary N) is 2. The Morgan fingerprint density at radius 2 is 2.12 bits per heavy atom. The van der Waals surface area contributed by atoms with Crippen LogP contribution >= 0.6 is 0 Å². The van der Waals surface area contributed by atoms with Gasteiger partial charge >= 0.3 is 0 Å². The van der Waals surface area contributed by atoms with E-state index in [1.165, 1.54) is 0 Å². The van der Waals surface area contributed by atoms with Gasteiger partial charge < -0.3 is 16.4 Å². The Kier molecular flexibility index (Phi) is 3.10. The van der Waals surface area contributed by atoms with Gasteiger partial charge in [0, 0.05) is 24.8 Å². The fraction of sp³-hybridized carbons (Fsp3) is 0.417. The van der Waals surface area contributed by atoms with E-state index in [4.69, 9.17) is 11.5 Å². The Bertz CT molecular complexity index is 392. The van der Waals surface area contributed by atoms with Crippen LogP contribution in [0.3, 0.4) is 0 Å². The molecule has 0 bridgehead atoms. The number of hydrogen-bond acceptors (Lipinski definition) is 3. The molecule has 1 aromatic carbocycles. The summed E-state index contributed by atoms with van der Waals surface area (Å²) in [5.41, 5.74) is 12.8. The van der Waals surface area contributed by atoms with Crippen LogP contribution in [0.2, 0.25) is 0 Å². The molecular formula is C12H17N3O. The van der Waals surface area contributed by atoms with Gasteiger partial charge in [-0.05, 0) is 25.0 Å². The molecule has 0 aromatic heterocycles. The van der Waals surface area contributed by atoms with Crippen molar-refractivity contribution in [1.82, 2.24) is 0 Å². The molecule has 86 valence electrons. The highest BCUT2D eigenvalue weighted by molar-refractivity contribution is 5.98. The fourth-order valence-corrected chi connectivity index (χ4v) is 2.19. The number of carbonyl (C=O) groups excluding carboxylic acids is 1. The molecule has 0 spiro atoms. The van der Waals surface area contributed by atoms with Gasteiger partial charge in [-0.15, -0.1) is 0 Å². The molecule has 4 N–H and O–H groups in total. The average Bonchev–Trinajstić information content (AvgIpc) is 2.29. The predicted octanol–water partition coefficient (Wildman–Crippen LogP) is 0.713. The van der Waals surface area contributed by atoms with Crippen LogP contribution in [0.1, 0.15) is 23.2 Å². The van der Waals surface area contributed by atoms with Gasteiger partial charge in [0.05, 0.1) is 5.56 Å². The van der Waals surface area contributed by atoms with E-state index in [0.29, 0.717) is 5.56 Å². The zero-order valence-electron chi connectivity index (χ0n) is 9.23. The molecule has 16 heavy (non-hydrogen) atoms. The van der Waals surface area contributed by atoms with E-state index >= 15 is 0 Å². The SMILES string of the molecule is NC(=O)c1ccccc1N1CCC[C@@H](N)C1. The molecule has 1 aliphatic rings. The maximum absolute atomic E-state index is 11.3. The molecule has 4 heteroatoms. The average molecular weight is 219 g/mol. The lowest BCUT2D eigenvalue weighted by atomic mass is 10.0. The van der Waals surface area contributed by atoms with Crippen LogP contribution in [0.4, 0.5) is 5.69 Å². The molecule has 4 nitrogen and oxygen atoms in total. The smallest absolute Gasteiger partial charge is 0.250 e. The van der Waals surface area contributed by atoms with Gasteiger partial charge in [0.1, 0.15) is 0 Å². The number of para-hydroxylation sites is 1. The lowest BCUT2D eigenvalue weighted by molar-refractivity contribution is 0.100. The third-order valence-electron chi connectivity index (χ3n) is 2.97. The van der Waals surface area contributed by atoms with E-state index in [1.807, 2.05) is 18.2 Å². The summed E-state index contributed by atoms with van der Waals surface area (Å²) in [6.45, 7) is 1.74. The zero-order chi connectivity index (χ0) is 11.5. The van der Waals surface area contributed by atoms with E-state index < -0.39 is 0 Å². The minimum absolute atomic E-state index is 0.190. The lowest BCUT2D eigenvalue weighted by Gasteiger charge is -2.33. The number of carbonyl (C=O) groups is 1. The first-order chi connectivity index (χ1) is 7.68. The van der Waals surface area contributed by atoms with Gasteiger partial charge in [0.25, 0.3) is 5.91 Å². The van der Waals surface area contributed by atoms with Crippen molar-refractivity contribution in [3.63, 3.8) is 0 Å². The first kappa shape index (κ1) is 11.0. The number of amides is 1. The molecule has 2 rings (SSSR count). The molecule has 1 saturated heterocycles. The minimum atomic E-state index is -0.380. The van der Waals surface area contributed by atoms with Crippen molar-refractivity contribution in [1.29, 1.82) is 0 Å². The molecule has 0 aliphatic carbocycles. The molecule has 0 unspecified atom stereocenters. The lowest BCUT2D eigenvalue weighted by Crippen LogP contribution is -2.43. The molecule has 1 aliphatic heterocycles. The quantitative estimate of drug-likeness (QED) is 0.769. The molecule has 0 saturated carbocycles. The van der Waals surface area contributed by atoms with Crippen molar-refractivity contribution in [2.24, 2.45) is 11.5 Å². The van der Waals surface area contributed by atoms with Crippen LogP contribution < -0.4 is 16.4 Å². The van der Waals surface area contributed by atoms with E-state index in [9.17, 15) is 4.79 Å². The Balaban J connectivity index is 2.28. The van der Waals surface area contributed by atoms with Crippen LogP contribution in [-0.4, -0.2) is 25.0 Å². The number of benzene rings is 1. The monoisotopic (exact) mass is 219 g/mol. The second-order valence-corrected chi connectivity index (χ2v) is 4.23. The van der Waals surface area contributed by atoms with Crippen molar-refractivity contribution in [2.75, 3.05) is 18.0 Å². The molecule has 1 aromatic rings. The molecule has 1 atom stereocenters. The summed E-state index contributed by atoms with van der Waals surface area (Å²) in [7, 11) is 0. The molecule has 1 amide bonds.